The summed E-state index contributed by atoms with van der Waals surface area (Å²) in [6, 6.07) is 7.73. The fourth-order valence-electron chi connectivity index (χ4n) is 2.21. The number of benzene rings is 1. The van der Waals surface area contributed by atoms with Gasteiger partial charge < -0.3 is 4.90 Å². The first-order valence-corrected chi connectivity index (χ1v) is 7.33. The quantitative estimate of drug-likeness (QED) is 0.807. The lowest BCUT2D eigenvalue weighted by atomic mass is 10.2. The molecule has 0 saturated carbocycles. The molecule has 0 N–H and O–H groups in total. The van der Waals surface area contributed by atoms with Gasteiger partial charge >= 0.3 is 0 Å². The molecule has 0 bridgehead atoms. The lowest BCUT2D eigenvalue weighted by molar-refractivity contribution is -0.129. The molecule has 0 spiro atoms. The average Bonchev–Trinajstić information content (AvgIpc) is 2.81. The van der Waals surface area contributed by atoms with Gasteiger partial charge in [-0.25, -0.2) is 4.98 Å². The Morgan fingerprint density at radius 2 is 2.21 bits per heavy atom. The maximum absolute atomic E-state index is 11.4. The van der Waals surface area contributed by atoms with Gasteiger partial charge in [-0.2, -0.15) is 0 Å². The van der Waals surface area contributed by atoms with Crippen molar-refractivity contribution in [3.8, 4) is 10.6 Å². The SMILES string of the molecule is CC(=O)N1CCc2nc(-c3ccccc3Cl)sc2C1. The summed E-state index contributed by atoms with van der Waals surface area (Å²) in [5.74, 6) is 0.123. The van der Waals surface area contributed by atoms with E-state index in [0.29, 0.717) is 6.54 Å². The molecule has 0 radical (unpaired) electrons. The Labute approximate surface area is 120 Å². The maximum Gasteiger partial charge on any atom is 0.219 e. The topological polar surface area (TPSA) is 33.2 Å². The number of rotatable bonds is 1. The van der Waals surface area contributed by atoms with Crippen molar-refractivity contribution in [2.24, 2.45) is 0 Å². The van der Waals surface area contributed by atoms with Crippen LogP contribution in [0.5, 0.6) is 0 Å². The fourth-order valence-corrected chi connectivity index (χ4v) is 3.66. The van der Waals surface area contributed by atoms with Gasteiger partial charge in [-0.3, -0.25) is 4.79 Å². The van der Waals surface area contributed by atoms with Crippen molar-refractivity contribution in [1.29, 1.82) is 0 Å². The Kier molecular flexibility index (Phi) is 3.29. The standard InChI is InChI=1S/C14H13ClN2OS/c1-9(18)17-7-6-12-13(8-17)19-14(16-12)10-4-2-3-5-11(10)15/h2-5H,6-8H2,1H3. The number of hydrogen-bond acceptors (Lipinski definition) is 3. The Bertz CT molecular complexity index is 638. The lowest BCUT2D eigenvalue weighted by Crippen LogP contribution is -2.33. The normalized spacial score (nSPS) is 14.3. The number of amides is 1. The van der Waals surface area contributed by atoms with E-state index in [1.165, 1.54) is 4.88 Å². The smallest absolute Gasteiger partial charge is 0.219 e. The molecule has 1 aliphatic heterocycles. The maximum atomic E-state index is 11.4. The molecule has 2 heterocycles. The van der Waals surface area contributed by atoms with E-state index in [1.807, 2.05) is 29.2 Å². The Balaban J connectivity index is 1.96. The van der Waals surface area contributed by atoms with Gasteiger partial charge in [0, 0.05) is 30.3 Å². The first-order chi connectivity index (χ1) is 9.15. The molecule has 0 unspecified atom stereocenters. The van der Waals surface area contributed by atoms with E-state index in [2.05, 4.69) is 4.98 Å². The van der Waals surface area contributed by atoms with Crippen molar-refractivity contribution in [1.82, 2.24) is 9.88 Å². The zero-order chi connectivity index (χ0) is 13.4. The van der Waals surface area contributed by atoms with Crippen LogP contribution in [0, 0.1) is 0 Å². The minimum absolute atomic E-state index is 0.123. The minimum atomic E-state index is 0.123. The number of carbonyl (C=O) groups excluding carboxylic acids is 1. The number of fused-ring (bicyclic) bond motifs is 1. The molecule has 1 aromatic carbocycles. The van der Waals surface area contributed by atoms with Gasteiger partial charge in [0.25, 0.3) is 0 Å². The summed E-state index contributed by atoms with van der Waals surface area (Å²) < 4.78 is 0. The summed E-state index contributed by atoms with van der Waals surface area (Å²) in [5, 5.41) is 1.66. The van der Waals surface area contributed by atoms with Gasteiger partial charge in [0.05, 0.1) is 17.3 Å². The molecule has 0 fully saturated rings. The van der Waals surface area contributed by atoms with E-state index >= 15 is 0 Å². The molecule has 1 aliphatic rings. The summed E-state index contributed by atoms with van der Waals surface area (Å²) in [6.07, 6.45) is 0.829. The molecule has 1 amide bonds. The summed E-state index contributed by atoms with van der Waals surface area (Å²) in [5.41, 5.74) is 2.08. The van der Waals surface area contributed by atoms with Crippen LogP contribution in [0.2, 0.25) is 5.02 Å². The van der Waals surface area contributed by atoms with Crippen molar-refractivity contribution < 1.29 is 4.79 Å². The van der Waals surface area contributed by atoms with Crippen molar-refractivity contribution in [3.63, 3.8) is 0 Å². The third-order valence-corrected chi connectivity index (χ3v) is 4.73. The van der Waals surface area contributed by atoms with Crippen LogP contribution in [0.15, 0.2) is 24.3 Å². The second-order valence-corrected chi connectivity index (χ2v) is 6.05. The molecule has 1 aromatic heterocycles. The van der Waals surface area contributed by atoms with E-state index in [0.717, 1.165) is 34.3 Å². The first-order valence-electron chi connectivity index (χ1n) is 6.14. The van der Waals surface area contributed by atoms with Crippen LogP contribution in [0.25, 0.3) is 10.6 Å². The van der Waals surface area contributed by atoms with Crippen LogP contribution < -0.4 is 0 Å². The fraction of sp³-hybridized carbons (Fsp3) is 0.286. The second-order valence-electron chi connectivity index (χ2n) is 4.56. The molecule has 2 aromatic rings. The van der Waals surface area contributed by atoms with Crippen molar-refractivity contribution in [2.45, 2.75) is 19.9 Å². The van der Waals surface area contributed by atoms with Crippen LogP contribution in [0.3, 0.4) is 0 Å². The summed E-state index contributed by atoms with van der Waals surface area (Å²) >= 11 is 7.84. The molecule has 5 heteroatoms. The van der Waals surface area contributed by atoms with E-state index < -0.39 is 0 Å². The molecule has 98 valence electrons. The molecular weight excluding hydrogens is 280 g/mol. The number of halogens is 1. The third kappa shape index (κ3) is 2.38. The van der Waals surface area contributed by atoms with Gasteiger partial charge in [-0.15, -0.1) is 11.3 Å². The van der Waals surface area contributed by atoms with Gasteiger partial charge in [0.1, 0.15) is 5.01 Å². The molecule has 0 atom stereocenters. The van der Waals surface area contributed by atoms with Gasteiger partial charge in [-0.05, 0) is 6.07 Å². The summed E-state index contributed by atoms with van der Waals surface area (Å²) in [4.78, 5) is 19.1. The predicted molar refractivity (Wildman–Crippen MR) is 77.4 cm³/mol. The minimum Gasteiger partial charge on any atom is -0.337 e. The first kappa shape index (κ1) is 12.6. The Hall–Kier alpha value is -1.39. The molecule has 19 heavy (non-hydrogen) atoms. The van der Waals surface area contributed by atoms with Gasteiger partial charge in [0.2, 0.25) is 5.91 Å². The van der Waals surface area contributed by atoms with E-state index in [-0.39, 0.29) is 5.91 Å². The van der Waals surface area contributed by atoms with Crippen molar-refractivity contribution in [2.75, 3.05) is 6.54 Å². The highest BCUT2D eigenvalue weighted by Crippen LogP contribution is 2.34. The van der Waals surface area contributed by atoms with E-state index in [1.54, 1.807) is 18.3 Å². The Morgan fingerprint density at radius 3 is 2.95 bits per heavy atom. The van der Waals surface area contributed by atoms with Crippen LogP contribution in [-0.4, -0.2) is 22.3 Å². The van der Waals surface area contributed by atoms with Crippen molar-refractivity contribution in [3.05, 3.63) is 39.9 Å². The zero-order valence-electron chi connectivity index (χ0n) is 10.5. The zero-order valence-corrected chi connectivity index (χ0v) is 12.1. The highest BCUT2D eigenvalue weighted by molar-refractivity contribution is 7.15. The van der Waals surface area contributed by atoms with Crippen LogP contribution in [0.4, 0.5) is 0 Å². The number of thiazole rings is 1. The molecule has 3 nitrogen and oxygen atoms in total. The number of carbonyl (C=O) groups is 1. The molecular formula is C14H13ClN2OS. The summed E-state index contributed by atoms with van der Waals surface area (Å²) in [6.45, 7) is 3.04. The predicted octanol–water partition coefficient (Wildman–Crippen LogP) is 3.37. The van der Waals surface area contributed by atoms with E-state index in [4.69, 9.17) is 11.6 Å². The Morgan fingerprint density at radius 1 is 1.42 bits per heavy atom. The van der Waals surface area contributed by atoms with Crippen LogP contribution in [0.1, 0.15) is 17.5 Å². The monoisotopic (exact) mass is 292 g/mol. The third-order valence-electron chi connectivity index (χ3n) is 3.28. The lowest BCUT2D eigenvalue weighted by Gasteiger charge is -2.24. The largest absolute Gasteiger partial charge is 0.337 e. The van der Waals surface area contributed by atoms with Crippen LogP contribution >= 0.6 is 22.9 Å². The van der Waals surface area contributed by atoms with Gasteiger partial charge in [0.15, 0.2) is 0 Å². The molecule has 0 saturated heterocycles. The number of hydrogen-bond donors (Lipinski definition) is 0. The van der Waals surface area contributed by atoms with Crippen LogP contribution in [-0.2, 0) is 17.8 Å². The van der Waals surface area contributed by atoms with Gasteiger partial charge in [-0.1, -0.05) is 29.8 Å². The highest BCUT2D eigenvalue weighted by atomic mass is 35.5. The average molecular weight is 293 g/mol. The second kappa shape index (κ2) is 4.94. The van der Waals surface area contributed by atoms with E-state index in [9.17, 15) is 4.79 Å². The summed E-state index contributed by atoms with van der Waals surface area (Å²) in [7, 11) is 0. The van der Waals surface area contributed by atoms with Crippen molar-refractivity contribution >= 4 is 28.8 Å². The number of aromatic nitrogens is 1. The molecule has 3 rings (SSSR count). The highest BCUT2D eigenvalue weighted by Gasteiger charge is 2.22. The number of nitrogens with zero attached hydrogens (tertiary/aromatic N) is 2. The molecule has 0 aliphatic carbocycles.